The smallest absolute Gasteiger partial charge is 0.210 e. The fourth-order valence-corrected chi connectivity index (χ4v) is 1.56. The summed E-state index contributed by atoms with van der Waals surface area (Å²) < 4.78 is 0.865. The Morgan fingerprint density at radius 3 is 2.45 bits per heavy atom. The van der Waals surface area contributed by atoms with Crippen LogP contribution in [0.3, 0.4) is 0 Å². The maximum Gasteiger partial charge on any atom is 0.210 e. The molecule has 0 aromatic heterocycles. The van der Waals surface area contributed by atoms with Gasteiger partial charge in [0.2, 0.25) is 12.4 Å². The Labute approximate surface area is 66.2 Å². The first-order chi connectivity index (χ1) is 5.36. The molecule has 11 heavy (non-hydrogen) atoms. The van der Waals surface area contributed by atoms with Gasteiger partial charge in [-0.05, 0) is 19.3 Å². The van der Waals surface area contributed by atoms with E-state index in [0.29, 0.717) is 0 Å². The second-order valence-corrected chi connectivity index (χ2v) is 3.09. The molecule has 3 nitrogen and oxygen atoms in total. The summed E-state index contributed by atoms with van der Waals surface area (Å²) >= 11 is 0. The molecule has 1 saturated heterocycles. The van der Waals surface area contributed by atoms with Gasteiger partial charge in [0.1, 0.15) is 0 Å². The highest BCUT2D eigenvalue weighted by Gasteiger charge is 2.20. The van der Waals surface area contributed by atoms with Crippen LogP contribution in [0.25, 0.3) is 0 Å². The van der Waals surface area contributed by atoms with Gasteiger partial charge in [-0.3, -0.25) is 0 Å². The summed E-state index contributed by atoms with van der Waals surface area (Å²) in [5.74, 6) is 0. The number of hydrogen-bond donors (Lipinski definition) is 0. The molecular weight excluding hydrogens is 140 g/mol. The Bertz CT molecular complexity index is 214. The Balaban J connectivity index is 1.91. The summed E-state index contributed by atoms with van der Waals surface area (Å²) in [5, 5.41) is 10.5. The fraction of sp³-hybridized carbons (Fsp3) is 0.625. The third kappa shape index (κ3) is 1.23. The van der Waals surface area contributed by atoms with E-state index in [4.69, 9.17) is 0 Å². The number of hydroxylamine groups is 1. The summed E-state index contributed by atoms with van der Waals surface area (Å²) in [6, 6.07) is 0. The third-order valence-corrected chi connectivity index (χ3v) is 2.24. The lowest BCUT2D eigenvalue weighted by Gasteiger charge is -2.29. The molecule has 2 aliphatic rings. The van der Waals surface area contributed by atoms with Gasteiger partial charge in [-0.1, -0.05) is 0 Å². The van der Waals surface area contributed by atoms with Crippen LogP contribution >= 0.6 is 0 Å². The van der Waals surface area contributed by atoms with Crippen molar-refractivity contribution in [2.75, 3.05) is 13.1 Å². The second-order valence-electron chi connectivity index (χ2n) is 3.09. The number of piperidine rings is 1. The van der Waals surface area contributed by atoms with E-state index < -0.39 is 0 Å². The van der Waals surface area contributed by atoms with E-state index in [1.54, 1.807) is 12.4 Å². The van der Waals surface area contributed by atoms with Crippen molar-refractivity contribution in [3.8, 4) is 0 Å². The molecule has 0 saturated carbocycles. The molecule has 0 bridgehead atoms. The summed E-state index contributed by atoms with van der Waals surface area (Å²) in [4.78, 5) is 2.28. The largest absolute Gasteiger partial charge is 0.619 e. The molecule has 0 aliphatic carbocycles. The van der Waals surface area contributed by atoms with Crippen LogP contribution in [0.2, 0.25) is 0 Å². The standard InChI is InChI=1S/C8H12N2O/c11-10-6-8(7-10)9-4-2-1-3-5-9/h6-7H,1-5H2. The number of rotatable bonds is 1. The SMILES string of the molecule is [O-][N+]1=CC(N2CCCCC2)=C1. The molecule has 0 aromatic carbocycles. The minimum Gasteiger partial charge on any atom is -0.619 e. The average Bonchev–Trinajstić information content (AvgIpc) is 2.01. The highest BCUT2D eigenvalue weighted by molar-refractivity contribution is 5.77. The van der Waals surface area contributed by atoms with Crippen molar-refractivity contribution >= 4 is 6.21 Å². The summed E-state index contributed by atoms with van der Waals surface area (Å²) in [6.45, 7) is 2.24. The monoisotopic (exact) mass is 152 g/mol. The van der Waals surface area contributed by atoms with Crippen molar-refractivity contribution in [1.82, 2.24) is 4.90 Å². The molecule has 0 unspecified atom stereocenters. The van der Waals surface area contributed by atoms with E-state index in [0.717, 1.165) is 23.5 Å². The van der Waals surface area contributed by atoms with E-state index in [9.17, 15) is 5.21 Å². The van der Waals surface area contributed by atoms with Crippen molar-refractivity contribution in [1.29, 1.82) is 0 Å². The Kier molecular flexibility index (Phi) is 1.56. The predicted molar refractivity (Wildman–Crippen MR) is 43.2 cm³/mol. The number of hydrogen-bond acceptors (Lipinski definition) is 2. The van der Waals surface area contributed by atoms with Gasteiger partial charge in [-0.25, -0.2) is 0 Å². The van der Waals surface area contributed by atoms with Gasteiger partial charge in [-0.15, -0.1) is 0 Å². The topological polar surface area (TPSA) is 29.3 Å². The van der Waals surface area contributed by atoms with Gasteiger partial charge in [0, 0.05) is 13.1 Å². The lowest BCUT2D eigenvalue weighted by molar-refractivity contribution is -0.388. The van der Waals surface area contributed by atoms with Crippen molar-refractivity contribution in [3.63, 3.8) is 0 Å². The maximum absolute atomic E-state index is 10.5. The van der Waals surface area contributed by atoms with E-state index in [-0.39, 0.29) is 0 Å². The molecule has 3 heteroatoms. The van der Waals surface area contributed by atoms with Gasteiger partial charge >= 0.3 is 0 Å². The first-order valence-electron chi connectivity index (χ1n) is 4.13. The zero-order valence-corrected chi connectivity index (χ0v) is 6.49. The molecule has 60 valence electrons. The Morgan fingerprint density at radius 2 is 1.91 bits per heavy atom. The van der Waals surface area contributed by atoms with Crippen molar-refractivity contribution in [2.45, 2.75) is 19.3 Å². The van der Waals surface area contributed by atoms with E-state index in [2.05, 4.69) is 4.90 Å². The molecule has 0 atom stereocenters. The van der Waals surface area contributed by atoms with Crippen LogP contribution in [-0.2, 0) is 0 Å². The van der Waals surface area contributed by atoms with Crippen LogP contribution in [0.4, 0.5) is 0 Å². The molecule has 2 aliphatic heterocycles. The molecule has 0 spiro atoms. The van der Waals surface area contributed by atoms with Crippen LogP contribution in [0.1, 0.15) is 19.3 Å². The molecule has 0 N–H and O–H groups in total. The Morgan fingerprint density at radius 1 is 1.27 bits per heavy atom. The normalized spacial score (nSPS) is 23.8. The molecule has 1 fully saturated rings. The molecule has 0 aromatic rings. The zero-order chi connectivity index (χ0) is 7.68. The molecule has 0 amide bonds. The van der Waals surface area contributed by atoms with Crippen LogP contribution in [0, 0.1) is 5.21 Å². The minimum absolute atomic E-state index is 0.865. The lowest BCUT2D eigenvalue weighted by atomic mass is 10.1. The van der Waals surface area contributed by atoms with Gasteiger partial charge < -0.3 is 10.1 Å². The molecular formula is C8H12N2O. The van der Waals surface area contributed by atoms with Crippen molar-refractivity contribution in [2.24, 2.45) is 0 Å². The quantitative estimate of drug-likeness (QED) is 0.413. The average molecular weight is 152 g/mol. The number of allylic oxidation sites excluding steroid dienone is 1. The number of likely N-dealkylation sites (tertiary alicyclic amines) is 1. The number of nitrogens with zero attached hydrogens (tertiary/aromatic N) is 2. The summed E-state index contributed by atoms with van der Waals surface area (Å²) in [7, 11) is 0. The third-order valence-electron chi connectivity index (χ3n) is 2.24. The predicted octanol–water partition coefficient (Wildman–Crippen LogP) is 0.908. The lowest BCUT2D eigenvalue weighted by Crippen LogP contribution is -2.34. The molecule has 2 rings (SSSR count). The van der Waals surface area contributed by atoms with E-state index in [1.807, 2.05) is 0 Å². The van der Waals surface area contributed by atoms with Crippen LogP contribution in [0.15, 0.2) is 11.9 Å². The van der Waals surface area contributed by atoms with E-state index >= 15 is 0 Å². The zero-order valence-electron chi connectivity index (χ0n) is 6.49. The maximum atomic E-state index is 10.5. The first-order valence-corrected chi connectivity index (χ1v) is 4.13. The van der Waals surface area contributed by atoms with Crippen molar-refractivity contribution < 1.29 is 4.74 Å². The van der Waals surface area contributed by atoms with Gasteiger partial charge in [0.15, 0.2) is 5.70 Å². The first kappa shape index (κ1) is 6.70. The fourth-order valence-electron chi connectivity index (χ4n) is 1.56. The van der Waals surface area contributed by atoms with Gasteiger partial charge in [-0.2, -0.15) is 4.74 Å². The highest BCUT2D eigenvalue weighted by Crippen LogP contribution is 2.15. The summed E-state index contributed by atoms with van der Waals surface area (Å²) in [5.41, 5.74) is 1.11. The highest BCUT2D eigenvalue weighted by atomic mass is 16.5. The molecule has 2 heterocycles. The second kappa shape index (κ2) is 2.57. The van der Waals surface area contributed by atoms with Crippen LogP contribution in [0.5, 0.6) is 0 Å². The van der Waals surface area contributed by atoms with Crippen LogP contribution < -0.4 is 0 Å². The van der Waals surface area contributed by atoms with Gasteiger partial charge in [0.25, 0.3) is 0 Å². The van der Waals surface area contributed by atoms with Crippen LogP contribution in [-0.4, -0.2) is 28.9 Å². The van der Waals surface area contributed by atoms with E-state index in [1.165, 1.54) is 19.3 Å². The summed E-state index contributed by atoms with van der Waals surface area (Å²) in [6.07, 6.45) is 7.16. The Hall–Kier alpha value is -0.990. The van der Waals surface area contributed by atoms with Crippen molar-refractivity contribution in [3.05, 3.63) is 17.1 Å². The van der Waals surface area contributed by atoms with Gasteiger partial charge in [0.05, 0.1) is 0 Å². The minimum atomic E-state index is 0.865. The molecule has 0 radical (unpaired) electrons.